The Labute approximate surface area is 200 Å². The van der Waals surface area contributed by atoms with Crippen molar-refractivity contribution in [3.05, 3.63) is 88.4 Å². The lowest BCUT2D eigenvalue weighted by atomic mass is 10.1. The molecule has 33 heavy (non-hydrogen) atoms. The lowest BCUT2D eigenvalue weighted by Crippen LogP contribution is -2.42. The van der Waals surface area contributed by atoms with Gasteiger partial charge in [-0.25, -0.2) is 8.42 Å². The molecule has 3 aromatic rings. The summed E-state index contributed by atoms with van der Waals surface area (Å²) in [6.45, 7) is 5.92. The van der Waals surface area contributed by atoms with Crippen molar-refractivity contribution in [2.24, 2.45) is 0 Å². The van der Waals surface area contributed by atoms with Crippen LogP contribution in [0.25, 0.3) is 0 Å². The van der Waals surface area contributed by atoms with Gasteiger partial charge in [-0.1, -0.05) is 35.9 Å². The molecular weight excluding hydrogens is 460 g/mol. The number of sulfonamides is 1. The monoisotopic (exact) mass is 486 g/mol. The highest BCUT2D eigenvalue weighted by Crippen LogP contribution is 2.28. The van der Waals surface area contributed by atoms with E-state index in [-0.39, 0.29) is 24.6 Å². The number of carbonyl (C=O) groups excluding carboxylic acids is 1. The molecule has 0 aliphatic rings. The molecule has 0 heterocycles. The van der Waals surface area contributed by atoms with Gasteiger partial charge in [0, 0.05) is 5.02 Å². The lowest BCUT2D eigenvalue weighted by Gasteiger charge is -2.25. The van der Waals surface area contributed by atoms with E-state index in [4.69, 9.17) is 16.3 Å². The fourth-order valence-electron chi connectivity index (χ4n) is 3.27. The van der Waals surface area contributed by atoms with E-state index >= 15 is 0 Å². The summed E-state index contributed by atoms with van der Waals surface area (Å²) >= 11 is 6.05. The van der Waals surface area contributed by atoms with Crippen LogP contribution in [0.1, 0.15) is 16.7 Å². The van der Waals surface area contributed by atoms with Crippen molar-refractivity contribution in [2.45, 2.75) is 25.7 Å². The molecule has 0 saturated heterocycles. The molecule has 0 fully saturated rings. The number of hydrogen-bond acceptors (Lipinski definition) is 4. The van der Waals surface area contributed by atoms with Crippen LogP contribution in [0.5, 0.6) is 5.75 Å². The lowest BCUT2D eigenvalue weighted by molar-refractivity contribution is -0.119. The Kier molecular flexibility index (Phi) is 8.00. The first-order chi connectivity index (χ1) is 15.7. The Balaban J connectivity index is 1.71. The number of anilines is 1. The molecule has 6 nitrogen and oxygen atoms in total. The van der Waals surface area contributed by atoms with Crippen molar-refractivity contribution in [1.82, 2.24) is 5.32 Å². The van der Waals surface area contributed by atoms with E-state index < -0.39 is 15.9 Å². The van der Waals surface area contributed by atoms with Crippen LogP contribution in [-0.2, 0) is 14.8 Å². The fourth-order valence-corrected chi connectivity index (χ4v) is 5.00. The fraction of sp³-hybridized carbons (Fsp3) is 0.240. The van der Waals surface area contributed by atoms with Crippen molar-refractivity contribution in [1.29, 1.82) is 0 Å². The number of benzene rings is 3. The van der Waals surface area contributed by atoms with Crippen LogP contribution in [-0.4, -0.2) is 34.0 Å². The standard InChI is InChI=1S/C25H27ClN2O4S/c1-18-9-11-22(16-19(18)2)32-14-13-27-25(29)17-28(24-12-10-21(26)15-20(24)3)33(30,31)23-7-5-4-6-8-23/h4-12,15-16H,13-14,17H2,1-3H3,(H,27,29). The second-order valence-electron chi connectivity index (χ2n) is 7.70. The number of amides is 1. The third-order valence-electron chi connectivity index (χ3n) is 5.22. The van der Waals surface area contributed by atoms with Gasteiger partial charge in [0.15, 0.2) is 0 Å². The predicted molar refractivity (Wildman–Crippen MR) is 132 cm³/mol. The smallest absolute Gasteiger partial charge is 0.264 e. The number of nitrogens with one attached hydrogen (secondary N) is 1. The zero-order valence-corrected chi connectivity index (χ0v) is 20.4. The number of halogens is 1. The normalized spacial score (nSPS) is 11.2. The van der Waals surface area contributed by atoms with Crippen LogP contribution < -0.4 is 14.4 Å². The van der Waals surface area contributed by atoms with Gasteiger partial charge < -0.3 is 10.1 Å². The molecule has 0 saturated carbocycles. The second-order valence-corrected chi connectivity index (χ2v) is 10.00. The summed E-state index contributed by atoms with van der Waals surface area (Å²) in [4.78, 5) is 12.8. The molecule has 0 aliphatic carbocycles. The molecule has 1 amide bonds. The highest BCUT2D eigenvalue weighted by molar-refractivity contribution is 7.92. The Morgan fingerprint density at radius 2 is 1.67 bits per heavy atom. The highest BCUT2D eigenvalue weighted by Gasteiger charge is 2.28. The summed E-state index contributed by atoms with van der Waals surface area (Å²) in [7, 11) is -3.97. The van der Waals surface area contributed by atoms with Crippen LogP contribution in [0.2, 0.25) is 5.02 Å². The van der Waals surface area contributed by atoms with Crippen LogP contribution in [0.15, 0.2) is 71.6 Å². The van der Waals surface area contributed by atoms with E-state index in [2.05, 4.69) is 5.32 Å². The van der Waals surface area contributed by atoms with Gasteiger partial charge in [-0.3, -0.25) is 9.10 Å². The summed E-state index contributed by atoms with van der Waals surface area (Å²) in [5.74, 6) is 0.282. The Bertz CT molecular complexity index is 1230. The SMILES string of the molecule is Cc1ccc(OCCNC(=O)CN(c2ccc(Cl)cc2C)S(=O)(=O)c2ccccc2)cc1C. The molecule has 0 unspecified atom stereocenters. The van der Waals surface area contributed by atoms with Gasteiger partial charge >= 0.3 is 0 Å². The van der Waals surface area contributed by atoms with E-state index in [0.717, 1.165) is 15.6 Å². The molecule has 0 radical (unpaired) electrons. The predicted octanol–water partition coefficient (Wildman–Crippen LogP) is 4.66. The molecule has 3 aromatic carbocycles. The largest absolute Gasteiger partial charge is 0.492 e. The minimum Gasteiger partial charge on any atom is -0.492 e. The number of ether oxygens (including phenoxy) is 1. The maximum atomic E-state index is 13.4. The maximum Gasteiger partial charge on any atom is 0.264 e. The van der Waals surface area contributed by atoms with Gasteiger partial charge in [0.2, 0.25) is 5.91 Å². The van der Waals surface area contributed by atoms with Gasteiger partial charge in [0.25, 0.3) is 10.0 Å². The highest BCUT2D eigenvalue weighted by atomic mass is 35.5. The Hall–Kier alpha value is -3.03. The van der Waals surface area contributed by atoms with Crippen LogP contribution >= 0.6 is 11.6 Å². The van der Waals surface area contributed by atoms with Crippen molar-refractivity contribution >= 4 is 33.2 Å². The second kappa shape index (κ2) is 10.7. The summed E-state index contributed by atoms with van der Waals surface area (Å²) in [6.07, 6.45) is 0. The minimum absolute atomic E-state index is 0.102. The summed E-state index contributed by atoms with van der Waals surface area (Å²) < 4.78 is 33.5. The van der Waals surface area contributed by atoms with Crippen molar-refractivity contribution in [2.75, 3.05) is 24.0 Å². The van der Waals surface area contributed by atoms with Crippen molar-refractivity contribution < 1.29 is 17.9 Å². The molecule has 0 spiro atoms. The average molecular weight is 487 g/mol. The Morgan fingerprint density at radius 1 is 0.939 bits per heavy atom. The topological polar surface area (TPSA) is 75.7 Å². The van der Waals surface area contributed by atoms with Crippen molar-refractivity contribution in [3.63, 3.8) is 0 Å². The molecule has 1 N–H and O–H groups in total. The molecule has 174 valence electrons. The molecule has 8 heteroatoms. The number of aryl methyl sites for hydroxylation is 3. The minimum atomic E-state index is -3.97. The zero-order valence-electron chi connectivity index (χ0n) is 18.8. The van der Waals surface area contributed by atoms with Crippen LogP contribution in [0, 0.1) is 20.8 Å². The maximum absolute atomic E-state index is 13.4. The van der Waals surface area contributed by atoms with Gasteiger partial charge in [-0.15, -0.1) is 0 Å². The Morgan fingerprint density at radius 3 is 2.33 bits per heavy atom. The van der Waals surface area contributed by atoms with Gasteiger partial charge in [0.1, 0.15) is 18.9 Å². The van der Waals surface area contributed by atoms with Gasteiger partial charge in [-0.2, -0.15) is 0 Å². The average Bonchev–Trinajstić information content (AvgIpc) is 2.78. The zero-order chi connectivity index (χ0) is 24.0. The van der Waals surface area contributed by atoms with E-state index in [0.29, 0.717) is 16.3 Å². The number of rotatable bonds is 9. The summed E-state index contributed by atoms with van der Waals surface area (Å²) in [6, 6.07) is 18.7. The number of nitrogens with zero attached hydrogens (tertiary/aromatic N) is 1. The van der Waals surface area contributed by atoms with E-state index in [1.54, 1.807) is 43.3 Å². The van der Waals surface area contributed by atoms with Gasteiger partial charge in [-0.05, 0) is 79.9 Å². The van der Waals surface area contributed by atoms with Crippen LogP contribution in [0.4, 0.5) is 5.69 Å². The van der Waals surface area contributed by atoms with Crippen LogP contribution in [0.3, 0.4) is 0 Å². The van der Waals surface area contributed by atoms with Gasteiger partial charge in [0.05, 0.1) is 17.1 Å². The summed E-state index contributed by atoms with van der Waals surface area (Å²) in [5, 5.41) is 3.22. The molecule has 0 atom stereocenters. The molecular formula is C25H27ClN2O4S. The third-order valence-corrected chi connectivity index (χ3v) is 7.23. The van der Waals surface area contributed by atoms with E-state index in [9.17, 15) is 13.2 Å². The molecule has 0 aliphatic heterocycles. The third kappa shape index (κ3) is 6.27. The van der Waals surface area contributed by atoms with Crippen molar-refractivity contribution in [3.8, 4) is 5.75 Å². The first-order valence-corrected chi connectivity index (χ1v) is 12.3. The quantitative estimate of drug-likeness (QED) is 0.446. The van der Waals surface area contributed by atoms with E-state index in [1.807, 2.05) is 32.0 Å². The first kappa shape index (κ1) is 24.6. The molecule has 3 rings (SSSR count). The first-order valence-electron chi connectivity index (χ1n) is 10.5. The number of hydrogen-bond donors (Lipinski definition) is 1. The van der Waals surface area contributed by atoms with E-state index in [1.165, 1.54) is 17.7 Å². The summed E-state index contributed by atoms with van der Waals surface area (Å²) in [5.41, 5.74) is 3.34. The molecule has 0 bridgehead atoms. The molecule has 0 aromatic heterocycles. The number of carbonyl (C=O) groups is 1.